The number of hydrogen-bond donors (Lipinski definition) is 1. The van der Waals surface area contributed by atoms with Crippen LogP contribution in [0.5, 0.6) is 0 Å². The molecule has 0 fully saturated rings. The number of aliphatic hydroxyl groups excluding tert-OH is 1. The highest BCUT2D eigenvalue weighted by atomic mass is 28.4. The molecule has 0 bridgehead atoms. The molecule has 3 heteroatoms. The Kier molecular flexibility index (Phi) is 11.4. The van der Waals surface area contributed by atoms with Gasteiger partial charge in [-0.05, 0) is 41.1 Å². The van der Waals surface area contributed by atoms with Crippen molar-refractivity contribution in [2.45, 2.75) is 89.7 Å². The Hall–Kier alpha value is -1.68. The fraction of sp³-hybridized carbons (Fsp3) is 0.517. The van der Waals surface area contributed by atoms with E-state index in [0.29, 0.717) is 13.0 Å². The summed E-state index contributed by atoms with van der Waals surface area (Å²) in [5, 5.41) is 13.2. The summed E-state index contributed by atoms with van der Waals surface area (Å²) in [6.45, 7) is 11.3. The molecule has 0 saturated heterocycles. The van der Waals surface area contributed by atoms with Crippen molar-refractivity contribution in [2.24, 2.45) is 0 Å². The number of benzene rings is 2. The Morgan fingerprint density at radius 2 is 1.31 bits per heavy atom. The van der Waals surface area contributed by atoms with E-state index in [-0.39, 0.29) is 11.1 Å². The topological polar surface area (TPSA) is 29.5 Å². The highest BCUT2D eigenvalue weighted by Gasteiger charge is 2.50. The molecule has 0 aromatic heterocycles. The number of unbranched alkanes of at least 4 members (excludes halogenated alkanes) is 6. The van der Waals surface area contributed by atoms with Gasteiger partial charge < -0.3 is 9.53 Å². The van der Waals surface area contributed by atoms with Crippen LogP contribution in [0, 0.1) is 0 Å². The van der Waals surface area contributed by atoms with Gasteiger partial charge in [0.05, 0.1) is 6.10 Å². The molecule has 0 aliphatic heterocycles. The second-order valence-electron chi connectivity index (χ2n) is 9.94. The molecular weight excluding hydrogens is 408 g/mol. The lowest BCUT2D eigenvalue weighted by Crippen LogP contribution is -2.66. The Balaban J connectivity index is 1.95. The Bertz CT molecular complexity index is 712. The lowest BCUT2D eigenvalue weighted by atomic mass is 10.1. The average Bonchev–Trinajstić information content (AvgIpc) is 2.79. The van der Waals surface area contributed by atoms with E-state index in [1.54, 1.807) is 0 Å². The van der Waals surface area contributed by atoms with Crippen molar-refractivity contribution >= 4 is 18.7 Å². The molecule has 2 nitrogen and oxygen atoms in total. The second kappa shape index (κ2) is 13.8. The van der Waals surface area contributed by atoms with Gasteiger partial charge in [0.15, 0.2) is 0 Å². The third-order valence-electron chi connectivity index (χ3n) is 6.38. The number of rotatable bonds is 15. The van der Waals surface area contributed by atoms with Crippen molar-refractivity contribution in [3.8, 4) is 0 Å². The van der Waals surface area contributed by atoms with Gasteiger partial charge in [0.1, 0.15) is 0 Å². The quantitative estimate of drug-likeness (QED) is 0.187. The van der Waals surface area contributed by atoms with Gasteiger partial charge in [-0.2, -0.15) is 0 Å². The van der Waals surface area contributed by atoms with Gasteiger partial charge >= 0.3 is 0 Å². The fourth-order valence-electron chi connectivity index (χ4n) is 4.63. The zero-order chi connectivity index (χ0) is 23.3. The summed E-state index contributed by atoms with van der Waals surface area (Å²) in [4.78, 5) is 0. The molecule has 0 amide bonds. The van der Waals surface area contributed by atoms with E-state index >= 15 is 0 Å². The lowest BCUT2D eigenvalue weighted by molar-refractivity contribution is 0.125. The van der Waals surface area contributed by atoms with E-state index in [1.165, 1.54) is 42.5 Å². The first-order chi connectivity index (χ1) is 15.4. The Morgan fingerprint density at radius 1 is 0.812 bits per heavy atom. The van der Waals surface area contributed by atoms with Crippen LogP contribution in [0.2, 0.25) is 5.04 Å². The molecule has 0 spiro atoms. The maximum absolute atomic E-state index is 10.6. The van der Waals surface area contributed by atoms with E-state index in [0.717, 1.165) is 19.3 Å². The summed E-state index contributed by atoms with van der Waals surface area (Å²) in [6.07, 6.45) is 11.8. The summed E-state index contributed by atoms with van der Waals surface area (Å²) in [7, 11) is -2.49. The monoisotopic (exact) mass is 452 g/mol. The summed E-state index contributed by atoms with van der Waals surface area (Å²) in [6, 6.07) is 21.5. The molecule has 2 aromatic carbocycles. The molecular formula is C29H44O2Si. The number of hydrogen-bond acceptors (Lipinski definition) is 2. The molecule has 0 heterocycles. The molecule has 1 atom stereocenters. The van der Waals surface area contributed by atoms with Gasteiger partial charge in [-0.1, -0.05) is 120 Å². The van der Waals surface area contributed by atoms with Gasteiger partial charge in [0.2, 0.25) is 0 Å². The SMILES string of the molecule is C=CCCCCCCCC[C@@H](O)CCO[Si](c1ccccc1)(c1ccccc1)C(C)(C)C. The third-order valence-corrected chi connectivity index (χ3v) is 11.4. The van der Waals surface area contributed by atoms with Gasteiger partial charge in [-0.25, -0.2) is 0 Å². The Labute approximate surface area is 197 Å². The maximum Gasteiger partial charge on any atom is 0.261 e. The number of allylic oxidation sites excluding steroid dienone is 1. The zero-order valence-electron chi connectivity index (χ0n) is 20.6. The van der Waals surface area contributed by atoms with E-state index in [9.17, 15) is 5.11 Å². The molecule has 0 aliphatic carbocycles. The van der Waals surface area contributed by atoms with Crippen molar-refractivity contribution in [1.29, 1.82) is 0 Å². The summed E-state index contributed by atoms with van der Waals surface area (Å²) < 4.78 is 6.89. The van der Waals surface area contributed by atoms with Crippen molar-refractivity contribution < 1.29 is 9.53 Å². The van der Waals surface area contributed by atoms with Crippen LogP contribution in [0.3, 0.4) is 0 Å². The molecule has 1 N–H and O–H groups in total. The molecule has 0 unspecified atom stereocenters. The highest BCUT2D eigenvalue weighted by Crippen LogP contribution is 2.36. The van der Waals surface area contributed by atoms with Crippen LogP contribution < -0.4 is 10.4 Å². The first-order valence-corrected chi connectivity index (χ1v) is 14.4. The normalized spacial score (nSPS) is 13.1. The van der Waals surface area contributed by atoms with Gasteiger partial charge in [0.25, 0.3) is 8.32 Å². The molecule has 2 rings (SSSR count). The number of aliphatic hydroxyl groups is 1. The minimum absolute atomic E-state index is 0.0216. The molecule has 0 aliphatic rings. The predicted octanol–water partition coefficient (Wildman–Crippen LogP) is 6.62. The zero-order valence-corrected chi connectivity index (χ0v) is 21.6. The average molecular weight is 453 g/mol. The van der Waals surface area contributed by atoms with E-state index in [1.807, 2.05) is 6.08 Å². The Morgan fingerprint density at radius 3 is 1.81 bits per heavy atom. The van der Waals surface area contributed by atoms with Crippen LogP contribution in [0.4, 0.5) is 0 Å². The minimum atomic E-state index is -2.49. The molecule has 2 aromatic rings. The van der Waals surface area contributed by atoms with E-state index < -0.39 is 8.32 Å². The van der Waals surface area contributed by atoms with Crippen molar-refractivity contribution in [1.82, 2.24) is 0 Å². The third kappa shape index (κ3) is 7.72. The standard InChI is InChI=1S/C29H44O2Si/c1-5-6-7-8-9-10-11-14-19-26(30)24-25-31-32(29(2,3)4,27-20-15-12-16-21-27)28-22-17-13-18-23-28/h5,12-13,15-18,20-23,26,30H,1,6-11,14,19,24-25H2,2-4H3/t26-/m1/s1. The largest absolute Gasteiger partial charge is 0.407 e. The fourth-order valence-corrected chi connectivity index (χ4v) is 9.21. The van der Waals surface area contributed by atoms with Crippen molar-refractivity contribution in [3.63, 3.8) is 0 Å². The summed E-state index contributed by atoms with van der Waals surface area (Å²) in [5.74, 6) is 0. The lowest BCUT2D eigenvalue weighted by Gasteiger charge is -2.43. The minimum Gasteiger partial charge on any atom is -0.407 e. The van der Waals surface area contributed by atoms with Crippen LogP contribution in [-0.4, -0.2) is 26.1 Å². The smallest absolute Gasteiger partial charge is 0.261 e. The summed E-state index contributed by atoms with van der Waals surface area (Å²) in [5.41, 5.74) is 0. The van der Waals surface area contributed by atoms with Gasteiger partial charge in [-0.3, -0.25) is 0 Å². The van der Waals surface area contributed by atoms with Crippen LogP contribution >= 0.6 is 0 Å². The van der Waals surface area contributed by atoms with Crippen molar-refractivity contribution in [3.05, 3.63) is 73.3 Å². The molecule has 0 radical (unpaired) electrons. The first kappa shape index (κ1) is 26.6. The second-order valence-corrected chi connectivity index (χ2v) is 14.2. The van der Waals surface area contributed by atoms with Gasteiger partial charge in [0, 0.05) is 6.61 Å². The van der Waals surface area contributed by atoms with Crippen LogP contribution in [0.15, 0.2) is 73.3 Å². The maximum atomic E-state index is 10.6. The van der Waals surface area contributed by atoms with Gasteiger partial charge in [-0.15, -0.1) is 6.58 Å². The molecule has 0 saturated carbocycles. The van der Waals surface area contributed by atoms with Crippen LogP contribution in [0.25, 0.3) is 0 Å². The van der Waals surface area contributed by atoms with Crippen LogP contribution in [0.1, 0.15) is 78.6 Å². The predicted molar refractivity (Wildman–Crippen MR) is 141 cm³/mol. The first-order valence-electron chi connectivity index (χ1n) is 12.5. The molecule has 32 heavy (non-hydrogen) atoms. The van der Waals surface area contributed by atoms with E-state index in [2.05, 4.69) is 88.0 Å². The van der Waals surface area contributed by atoms with Crippen LogP contribution in [-0.2, 0) is 4.43 Å². The highest BCUT2D eigenvalue weighted by molar-refractivity contribution is 6.99. The summed E-state index contributed by atoms with van der Waals surface area (Å²) >= 11 is 0. The molecule has 176 valence electrons. The van der Waals surface area contributed by atoms with E-state index in [4.69, 9.17) is 4.43 Å². The van der Waals surface area contributed by atoms with Crippen molar-refractivity contribution in [2.75, 3.05) is 6.61 Å².